The van der Waals surface area contributed by atoms with Gasteiger partial charge in [-0.3, -0.25) is 14.6 Å². The summed E-state index contributed by atoms with van der Waals surface area (Å²) < 4.78 is 2.63. The second-order valence-electron chi connectivity index (χ2n) is 6.92. The van der Waals surface area contributed by atoms with Gasteiger partial charge in [-0.1, -0.05) is 18.2 Å². The van der Waals surface area contributed by atoms with Crippen molar-refractivity contribution in [3.63, 3.8) is 0 Å². The van der Waals surface area contributed by atoms with Crippen LogP contribution in [0.4, 0.5) is 0 Å². The molecule has 5 nitrogen and oxygen atoms in total. The number of halogens is 1. The van der Waals surface area contributed by atoms with Gasteiger partial charge in [-0.2, -0.15) is 0 Å². The third kappa shape index (κ3) is 3.76. The average Bonchev–Trinajstić information content (AvgIpc) is 2.72. The molecule has 0 aliphatic carbocycles. The fraction of sp³-hybridized carbons (Fsp3) is 0.130. The first-order valence-electron chi connectivity index (χ1n) is 9.15. The first-order chi connectivity index (χ1) is 13.9. The number of hydrogen-bond acceptors (Lipinski definition) is 4. The van der Waals surface area contributed by atoms with E-state index in [1.807, 2.05) is 48.7 Å². The first kappa shape index (κ1) is 19.2. The molecule has 0 fully saturated rings. The van der Waals surface area contributed by atoms with Gasteiger partial charge in [0, 0.05) is 29.0 Å². The van der Waals surface area contributed by atoms with Crippen molar-refractivity contribution < 1.29 is 4.79 Å². The monoisotopic (exact) mass is 447 g/mol. The van der Waals surface area contributed by atoms with E-state index in [0.717, 1.165) is 27.1 Å². The molecule has 3 heterocycles. The summed E-state index contributed by atoms with van der Waals surface area (Å²) in [6.07, 6.45) is 3.16. The molecule has 0 saturated carbocycles. The lowest BCUT2D eigenvalue weighted by Gasteiger charge is -2.13. The topological polar surface area (TPSA) is 64.8 Å². The van der Waals surface area contributed by atoms with Gasteiger partial charge in [0.1, 0.15) is 4.60 Å². The standard InChI is InChI=1S/C23H18BrN3O2/c1-14-10-16(11-25-15(14)2)22(28)19-13-27(12-17-6-5-9-21(24)26-17)20-8-4-3-7-18(20)23(19)29/h3-11,13H,12H2,1-2H3. The lowest BCUT2D eigenvalue weighted by atomic mass is 10.0. The van der Waals surface area contributed by atoms with Crippen molar-refractivity contribution in [3.05, 3.63) is 104 Å². The van der Waals surface area contributed by atoms with Crippen LogP contribution in [-0.4, -0.2) is 20.3 Å². The quantitative estimate of drug-likeness (QED) is 0.342. The molecular weight excluding hydrogens is 430 g/mol. The number of ketones is 1. The van der Waals surface area contributed by atoms with Crippen LogP contribution >= 0.6 is 15.9 Å². The van der Waals surface area contributed by atoms with E-state index in [-0.39, 0.29) is 16.8 Å². The summed E-state index contributed by atoms with van der Waals surface area (Å²) in [7, 11) is 0. The minimum Gasteiger partial charge on any atom is -0.340 e. The van der Waals surface area contributed by atoms with Crippen molar-refractivity contribution in [2.45, 2.75) is 20.4 Å². The summed E-state index contributed by atoms with van der Waals surface area (Å²) >= 11 is 3.39. The number of aryl methyl sites for hydroxylation is 2. The lowest BCUT2D eigenvalue weighted by molar-refractivity contribution is 0.103. The molecule has 1 aromatic carbocycles. The molecule has 6 heteroatoms. The van der Waals surface area contributed by atoms with E-state index in [1.165, 1.54) is 6.20 Å². The van der Waals surface area contributed by atoms with E-state index in [4.69, 9.17) is 0 Å². The molecule has 4 rings (SSSR count). The van der Waals surface area contributed by atoms with Gasteiger partial charge in [0.2, 0.25) is 5.43 Å². The number of nitrogens with zero attached hydrogens (tertiary/aromatic N) is 3. The molecule has 0 radical (unpaired) electrons. The smallest absolute Gasteiger partial charge is 0.200 e. The molecule has 3 aromatic heterocycles. The summed E-state index contributed by atoms with van der Waals surface area (Å²) in [4.78, 5) is 35.0. The molecule has 0 aliphatic heterocycles. The van der Waals surface area contributed by atoms with Crippen LogP contribution in [0.15, 0.2) is 70.3 Å². The number of carbonyl (C=O) groups excluding carboxylic acids is 1. The third-order valence-electron chi connectivity index (χ3n) is 4.94. The number of benzene rings is 1. The molecule has 0 saturated heterocycles. The summed E-state index contributed by atoms with van der Waals surface area (Å²) in [5, 5.41) is 0.505. The Labute approximate surface area is 176 Å². The maximum atomic E-state index is 13.2. The van der Waals surface area contributed by atoms with E-state index >= 15 is 0 Å². The molecule has 0 aliphatic rings. The lowest BCUT2D eigenvalue weighted by Crippen LogP contribution is -2.20. The van der Waals surface area contributed by atoms with E-state index in [9.17, 15) is 9.59 Å². The summed E-state index contributed by atoms with van der Waals surface area (Å²) in [5.41, 5.74) is 3.61. The van der Waals surface area contributed by atoms with Gasteiger partial charge in [-0.05, 0) is 65.7 Å². The van der Waals surface area contributed by atoms with Crippen LogP contribution in [0.5, 0.6) is 0 Å². The van der Waals surface area contributed by atoms with E-state index in [2.05, 4.69) is 25.9 Å². The van der Waals surface area contributed by atoms with Crippen LogP contribution in [0.3, 0.4) is 0 Å². The Morgan fingerprint density at radius 2 is 1.90 bits per heavy atom. The number of aromatic nitrogens is 3. The summed E-state index contributed by atoms with van der Waals surface area (Å²) in [5.74, 6) is -0.327. The van der Waals surface area contributed by atoms with Crippen molar-refractivity contribution in [1.82, 2.24) is 14.5 Å². The highest BCUT2D eigenvalue weighted by Crippen LogP contribution is 2.17. The molecule has 0 N–H and O–H groups in total. The molecule has 4 aromatic rings. The van der Waals surface area contributed by atoms with Crippen molar-refractivity contribution in [2.24, 2.45) is 0 Å². The molecule has 0 bridgehead atoms. The number of pyridine rings is 3. The van der Waals surface area contributed by atoms with Crippen molar-refractivity contribution in [2.75, 3.05) is 0 Å². The Morgan fingerprint density at radius 3 is 2.66 bits per heavy atom. The Hall–Kier alpha value is -3.12. The molecule has 0 spiro atoms. The number of fused-ring (bicyclic) bond motifs is 1. The Balaban J connectivity index is 1.88. The molecule has 29 heavy (non-hydrogen) atoms. The van der Waals surface area contributed by atoms with Crippen molar-refractivity contribution in [3.8, 4) is 0 Å². The Morgan fingerprint density at radius 1 is 1.10 bits per heavy atom. The number of para-hydroxylation sites is 1. The molecule has 144 valence electrons. The summed E-state index contributed by atoms with van der Waals surface area (Å²) in [6.45, 7) is 4.22. The van der Waals surface area contributed by atoms with Gasteiger partial charge in [-0.25, -0.2) is 4.98 Å². The van der Waals surface area contributed by atoms with Gasteiger partial charge in [-0.15, -0.1) is 0 Å². The second kappa shape index (κ2) is 7.72. The minimum absolute atomic E-state index is 0.128. The van der Waals surface area contributed by atoms with Crippen LogP contribution in [0.25, 0.3) is 10.9 Å². The minimum atomic E-state index is -0.327. The number of carbonyl (C=O) groups is 1. The van der Waals surface area contributed by atoms with Crippen molar-refractivity contribution >= 4 is 32.6 Å². The largest absolute Gasteiger partial charge is 0.340 e. The van der Waals surface area contributed by atoms with Gasteiger partial charge in [0.05, 0.1) is 23.3 Å². The fourth-order valence-corrected chi connectivity index (χ4v) is 3.65. The zero-order valence-corrected chi connectivity index (χ0v) is 17.6. The number of hydrogen-bond donors (Lipinski definition) is 0. The predicted molar refractivity (Wildman–Crippen MR) is 116 cm³/mol. The maximum Gasteiger partial charge on any atom is 0.200 e. The summed E-state index contributed by atoms with van der Waals surface area (Å²) in [6, 6.07) is 14.8. The SMILES string of the molecule is Cc1cc(C(=O)c2cn(Cc3cccc(Br)n3)c3ccccc3c2=O)cnc1C. The zero-order chi connectivity index (χ0) is 20.5. The van der Waals surface area contributed by atoms with Crippen molar-refractivity contribution in [1.29, 1.82) is 0 Å². The average molecular weight is 448 g/mol. The van der Waals surface area contributed by atoms with Crippen LogP contribution in [0.2, 0.25) is 0 Å². The zero-order valence-electron chi connectivity index (χ0n) is 16.0. The Bertz CT molecular complexity index is 1310. The van der Waals surface area contributed by atoms with Crippen LogP contribution in [0, 0.1) is 13.8 Å². The molecule has 0 atom stereocenters. The normalized spacial score (nSPS) is 11.0. The van der Waals surface area contributed by atoms with Crippen LogP contribution in [-0.2, 0) is 6.54 Å². The highest BCUT2D eigenvalue weighted by atomic mass is 79.9. The van der Waals surface area contributed by atoms with Gasteiger partial charge in [0.25, 0.3) is 0 Å². The fourth-order valence-electron chi connectivity index (χ4n) is 3.27. The van der Waals surface area contributed by atoms with Gasteiger partial charge in [0.15, 0.2) is 5.78 Å². The van der Waals surface area contributed by atoms with Gasteiger partial charge >= 0.3 is 0 Å². The van der Waals surface area contributed by atoms with Crippen LogP contribution < -0.4 is 5.43 Å². The highest BCUT2D eigenvalue weighted by molar-refractivity contribution is 9.10. The first-order valence-corrected chi connectivity index (χ1v) is 9.95. The predicted octanol–water partition coefficient (Wildman–Crippen LogP) is 4.45. The van der Waals surface area contributed by atoms with E-state index in [0.29, 0.717) is 17.5 Å². The molecule has 0 amide bonds. The van der Waals surface area contributed by atoms with E-state index < -0.39 is 0 Å². The molecular formula is C23H18BrN3O2. The van der Waals surface area contributed by atoms with Gasteiger partial charge < -0.3 is 4.57 Å². The maximum absolute atomic E-state index is 13.2. The highest BCUT2D eigenvalue weighted by Gasteiger charge is 2.18. The van der Waals surface area contributed by atoms with E-state index in [1.54, 1.807) is 24.4 Å². The number of rotatable bonds is 4. The van der Waals surface area contributed by atoms with Crippen LogP contribution in [0.1, 0.15) is 32.9 Å². The second-order valence-corrected chi connectivity index (χ2v) is 7.74. The Kier molecular flexibility index (Phi) is 5.11. The molecule has 0 unspecified atom stereocenters. The third-order valence-corrected chi connectivity index (χ3v) is 5.38.